The van der Waals surface area contributed by atoms with E-state index in [1.165, 1.54) is 4.31 Å². The number of hydrogen-bond donors (Lipinski definition) is 1. The zero-order valence-corrected chi connectivity index (χ0v) is 15.4. The van der Waals surface area contributed by atoms with Gasteiger partial charge in [0.15, 0.2) is 0 Å². The summed E-state index contributed by atoms with van der Waals surface area (Å²) in [6, 6.07) is 9.75. The van der Waals surface area contributed by atoms with Crippen molar-refractivity contribution in [2.75, 3.05) is 26.2 Å². The molecule has 1 aromatic carbocycles. The monoisotopic (exact) mass is 365 g/mol. The van der Waals surface area contributed by atoms with Gasteiger partial charge < -0.3 is 5.32 Å². The maximum absolute atomic E-state index is 12.8. The van der Waals surface area contributed by atoms with Crippen LogP contribution in [0.3, 0.4) is 0 Å². The third kappa shape index (κ3) is 4.59. The number of hydrogen-bond acceptors (Lipinski definition) is 3. The van der Waals surface area contributed by atoms with E-state index in [2.05, 4.69) is 5.32 Å². The smallest absolute Gasteiger partial charge is 0.281 e. The van der Waals surface area contributed by atoms with Crippen molar-refractivity contribution in [3.8, 4) is 0 Å². The van der Waals surface area contributed by atoms with Crippen molar-refractivity contribution in [1.29, 1.82) is 0 Å². The van der Waals surface area contributed by atoms with Crippen molar-refractivity contribution in [3.63, 3.8) is 0 Å². The van der Waals surface area contributed by atoms with Gasteiger partial charge in [-0.2, -0.15) is 17.0 Å². The van der Waals surface area contributed by atoms with Crippen molar-refractivity contribution in [3.05, 3.63) is 35.9 Å². The van der Waals surface area contributed by atoms with Crippen molar-refractivity contribution < 1.29 is 13.2 Å². The lowest BCUT2D eigenvalue weighted by atomic mass is 9.99. The summed E-state index contributed by atoms with van der Waals surface area (Å²) in [4.78, 5) is 12.5. The number of amides is 1. The minimum absolute atomic E-state index is 0.0533. The molecule has 2 aliphatic rings. The number of piperidine rings is 2. The molecule has 2 saturated heterocycles. The molecule has 0 aromatic heterocycles. The molecule has 25 heavy (non-hydrogen) atoms. The van der Waals surface area contributed by atoms with Gasteiger partial charge in [-0.15, -0.1) is 0 Å². The lowest BCUT2D eigenvalue weighted by molar-refractivity contribution is -0.126. The van der Waals surface area contributed by atoms with Crippen LogP contribution < -0.4 is 5.32 Å². The van der Waals surface area contributed by atoms with Gasteiger partial charge >= 0.3 is 0 Å². The van der Waals surface area contributed by atoms with Crippen molar-refractivity contribution in [1.82, 2.24) is 13.9 Å². The van der Waals surface area contributed by atoms with E-state index in [0.717, 1.165) is 37.7 Å². The number of benzene rings is 1. The van der Waals surface area contributed by atoms with Crippen LogP contribution in [-0.2, 0) is 21.5 Å². The van der Waals surface area contributed by atoms with Crippen molar-refractivity contribution >= 4 is 16.1 Å². The summed E-state index contributed by atoms with van der Waals surface area (Å²) in [5.74, 6) is -0.320. The molecule has 6 nitrogen and oxygen atoms in total. The summed E-state index contributed by atoms with van der Waals surface area (Å²) in [6.07, 6.45) is 4.42. The highest BCUT2D eigenvalue weighted by molar-refractivity contribution is 7.86. The predicted octanol–water partition coefficient (Wildman–Crippen LogP) is 1.75. The molecule has 1 amide bonds. The van der Waals surface area contributed by atoms with Gasteiger partial charge in [-0.05, 0) is 31.2 Å². The predicted molar refractivity (Wildman–Crippen MR) is 96.9 cm³/mol. The van der Waals surface area contributed by atoms with Crippen LogP contribution in [0.1, 0.15) is 37.7 Å². The molecule has 2 aliphatic heterocycles. The summed E-state index contributed by atoms with van der Waals surface area (Å²) >= 11 is 0. The zero-order valence-electron chi connectivity index (χ0n) is 14.6. The normalized spacial score (nSPS) is 23.3. The molecule has 138 valence electrons. The minimum atomic E-state index is -3.43. The Morgan fingerprint density at radius 2 is 1.68 bits per heavy atom. The van der Waals surface area contributed by atoms with Crippen LogP contribution in [0.2, 0.25) is 0 Å². The van der Waals surface area contributed by atoms with Gasteiger partial charge in [0.1, 0.15) is 0 Å². The molecule has 0 saturated carbocycles. The van der Waals surface area contributed by atoms with Gasteiger partial charge in [0.25, 0.3) is 10.2 Å². The maximum Gasteiger partial charge on any atom is 0.281 e. The van der Waals surface area contributed by atoms with Gasteiger partial charge in [-0.1, -0.05) is 36.8 Å². The fraction of sp³-hybridized carbons (Fsp3) is 0.611. The molecule has 0 bridgehead atoms. The Morgan fingerprint density at radius 1 is 1.00 bits per heavy atom. The Morgan fingerprint density at radius 3 is 2.40 bits per heavy atom. The summed E-state index contributed by atoms with van der Waals surface area (Å²) in [5.41, 5.74) is 1.05. The molecule has 1 atom stereocenters. The van der Waals surface area contributed by atoms with Crippen LogP contribution in [0.4, 0.5) is 0 Å². The SMILES string of the molecule is O=C(NCc1ccccc1)C1CCCN(S(=O)(=O)N2CCCCC2)C1. The molecule has 1 N–H and O–H groups in total. The summed E-state index contributed by atoms with van der Waals surface area (Å²) in [5, 5.41) is 2.95. The molecule has 3 rings (SSSR count). The first-order valence-electron chi connectivity index (χ1n) is 9.14. The van der Waals surface area contributed by atoms with Crippen LogP contribution >= 0.6 is 0 Å². The van der Waals surface area contributed by atoms with E-state index in [1.807, 2.05) is 30.3 Å². The second-order valence-electron chi connectivity index (χ2n) is 6.87. The van der Waals surface area contributed by atoms with Gasteiger partial charge in [0.2, 0.25) is 5.91 Å². The first-order valence-corrected chi connectivity index (χ1v) is 10.5. The fourth-order valence-corrected chi connectivity index (χ4v) is 5.33. The number of rotatable bonds is 5. The van der Waals surface area contributed by atoms with Crippen LogP contribution in [0.5, 0.6) is 0 Å². The van der Waals surface area contributed by atoms with Crippen molar-refractivity contribution in [2.45, 2.75) is 38.6 Å². The standard InChI is InChI=1S/C18H27N3O3S/c22-18(19-14-16-8-3-1-4-9-16)17-10-7-13-21(15-17)25(23,24)20-11-5-2-6-12-20/h1,3-4,8-9,17H,2,5-7,10-15H2,(H,19,22). The average Bonchev–Trinajstić information content (AvgIpc) is 2.67. The van der Waals surface area contributed by atoms with Gasteiger partial charge in [-0.3, -0.25) is 4.79 Å². The number of carbonyl (C=O) groups is 1. The second kappa shape index (κ2) is 8.29. The minimum Gasteiger partial charge on any atom is -0.352 e. The first kappa shape index (κ1) is 18.4. The van der Waals surface area contributed by atoms with Crippen molar-refractivity contribution in [2.24, 2.45) is 5.92 Å². The molecule has 2 heterocycles. The highest BCUT2D eigenvalue weighted by atomic mass is 32.2. The Bertz CT molecular complexity index is 672. The Labute approximate surface area is 150 Å². The number of carbonyl (C=O) groups excluding carboxylic acids is 1. The number of nitrogens with zero attached hydrogens (tertiary/aromatic N) is 2. The summed E-state index contributed by atoms with van der Waals surface area (Å²) < 4.78 is 28.7. The van der Waals surface area contributed by atoms with Crippen LogP contribution in [0.15, 0.2) is 30.3 Å². The van der Waals surface area contributed by atoms with Gasteiger partial charge in [0.05, 0.1) is 5.92 Å². The largest absolute Gasteiger partial charge is 0.352 e. The summed E-state index contributed by atoms with van der Waals surface area (Å²) in [7, 11) is -3.43. The molecule has 0 radical (unpaired) electrons. The molecule has 1 aromatic rings. The third-order valence-electron chi connectivity index (χ3n) is 5.03. The second-order valence-corrected chi connectivity index (χ2v) is 8.80. The lowest BCUT2D eigenvalue weighted by Crippen LogP contribution is -2.51. The van der Waals surface area contributed by atoms with E-state index in [1.54, 1.807) is 4.31 Å². The first-order chi connectivity index (χ1) is 12.1. The van der Waals surface area contributed by atoms with E-state index in [4.69, 9.17) is 0 Å². The molecule has 0 spiro atoms. The van der Waals surface area contributed by atoms with Crippen LogP contribution in [-0.4, -0.2) is 49.1 Å². The summed E-state index contributed by atoms with van der Waals surface area (Å²) in [6.45, 7) is 2.49. The lowest BCUT2D eigenvalue weighted by Gasteiger charge is -2.36. The average molecular weight is 365 g/mol. The molecule has 1 unspecified atom stereocenters. The highest BCUT2D eigenvalue weighted by Crippen LogP contribution is 2.23. The van der Waals surface area contributed by atoms with Gasteiger partial charge in [0, 0.05) is 32.7 Å². The van der Waals surface area contributed by atoms with E-state index < -0.39 is 10.2 Å². The van der Waals surface area contributed by atoms with E-state index in [9.17, 15) is 13.2 Å². The van der Waals surface area contributed by atoms with E-state index in [0.29, 0.717) is 32.7 Å². The molecule has 0 aliphatic carbocycles. The molecular weight excluding hydrogens is 338 g/mol. The molecule has 7 heteroatoms. The molecule has 2 fully saturated rings. The Kier molecular flexibility index (Phi) is 6.09. The zero-order chi connectivity index (χ0) is 17.7. The molecular formula is C18H27N3O3S. The van der Waals surface area contributed by atoms with E-state index in [-0.39, 0.29) is 11.8 Å². The van der Waals surface area contributed by atoms with Crippen LogP contribution in [0, 0.1) is 5.92 Å². The van der Waals surface area contributed by atoms with Gasteiger partial charge in [-0.25, -0.2) is 0 Å². The topological polar surface area (TPSA) is 69.7 Å². The maximum atomic E-state index is 12.8. The highest BCUT2D eigenvalue weighted by Gasteiger charge is 2.36. The fourth-order valence-electron chi connectivity index (χ4n) is 3.55. The van der Waals surface area contributed by atoms with Crippen LogP contribution in [0.25, 0.3) is 0 Å². The Hall–Kier alpha value is -1.44. The number of nitrogens with one attached hydrogen (secondary N) is 1. The third-order valence-corrected chi connectivity index (χ3v) is 7.03. The Balaban J connectivity index is 1.57. The van der Waals surface area contributed by atoms with E-state index >= 15 is 0 Å². The quantitative estimate of drug-likeness (QED) is 0.864.